The fourth-order valence-electron chi connectivity index (χ4n) is 2.23. The largest absolute Gasteiger partial charge is 0.497 e. The van der Waals surface area contributed by atoms with E-state index in [2.05, 4.69) is 15.3 Å². The predicted octanol–water partition coefficient (Wildman–Crippen LogP) is 2.94. The number of hydrogen-bond donors (Lipinski definition) is 0. The second kappa shape index (κ2) is 5.45. The number of ether oxygens (including phenoxy) is 1. The minimum atomic E-state index is 0.311. The van der Waals surface area contributed by atoms with Gasteiger partial charge in [0.2, 0.25) is 5.76 Å². The molecule has 0 aliphatic rings. The SMILES string of the molecule is COc1ccc(-c2ocnc2On2nnc3ccccc32)cc1. The maximum Gasteiger partial charge on any atom is 0.295 e. The second-order valence-electron chi connectivity index (χ2n) is 4.76. The lowest BCUT2D eigenvalue weighted by Crippen LogP contribution is -2.07. The van der Waals surface area contributed by atoms with Crippen LogP contribution in [-0.4, -0.2) is 27.3 Å². The van der Waals surface area contributed by atoms with Crippen molar-refractivity contribution in [3.8, 4) is 23.0 Å². The van der Waals surface area contributed by atoms with E-state index in [4.69, 9.17) is 14.0 Å². The summed E-state index contributed by atoms with van der Waals surface area (Å²) >= 11 is 0. The average molecular weight is 308 g/mol. The molecule has 7 nitrogen and oxygen atoms in total. The monoisotopic (exact) mass is 308 g/mol. The van der Waals surface area contributed by atoms with Crippen molar-refractivity contribution in [2.45, 2.75) is 0 Å². The number of methoxy groups -OCH3 is 1. The number of aromatic nitrogens is 4. The van der Waals surface area contributed by atoms with Gasteiger partial charge in [-0.05, 0) is 41.6 Å². The number of para-hydroxylation sites is 1. The fraction of sp³-hybridized carbons (Fsp3) is 0.0625. The van der Waals surface area contributed by atoms with Crippen LogP contribution in [0.3, 0.4) is 0 Å². The molecule has 0 saturated heterocycles. The molecule has 0 aliphatic heterocycles. The lowest BCUT2D eigenvalue weighted by molar-refractivity contribution is 0.177. The van der Waals surface area contributed by atoms with Gasteiger partial charge in [-0.1, -0.05) is 17.0 Å². The van der Waals surface area contributed by atoms with Gasteiger partial charge in [0, 0.05) is 5.56 Å². The predicted molar refractivity (Wildman–Crippen MR) is 82.0 cm³/mol. The first-order chi connectivity index (χ1) is 11.3. The standard InChI is InChI=1S/C16H12N4O3/c1-21-12-8-6-11(7-9-12)15-16(17-10-22-15)23-20-14-5-3-2-4-13(14)18-19-20/h2-10H,1H3. The van der Waals surface area contributed by atoms with Crippen LogP contribution in [0.4, 0.5) is 0 Å². The molecule has 0 amide bonds. The Labute approximate surface area is 131 Å². The molecule has 7 heteroatoms. The van der Waals surface area contributed by atoms with Gasteiger partial charge in [0.05, 0.1) is 7.11 Å². The van der Waals surface area contributed by atoms with Crippen LogP contribution in [0.1, 0.15) is 0 Å². The van der Waals surface area contributed by atoms with E-state index in [9.17, 15) is 0 Å². The quantitative estimate of drug-likeness (QED) is 0.577. The van der Waals surface area contributed by atoms with Crippen LogP contribution in [0.25, 0.3) is 22.4 Å². The van der Waals surface area contributed by atoms with E-state index in [1.165, 1.54) is 11.2 Å². The first-order valence-electron chi connectivity index (χ1n) is 6.92. The Bertz CT molecular complexity index is 943. The maximum absolute atomic E-state index is 5.72. The number of oxazole rings is 1. The number of benzene rings is 2. The Hall–Kier alpha value is -3.35. The minimum absolute atomic E-state index is 0.311. The van der Waals surface area contributed by atoms with E-state index in [1.54, 1.807) is 7.11 Å². The molecule has 0 saturated carbocycles. The first kappa shape index (κ1) is 13.3. The normalized spacial score (nSPS) is 10.8. The molecule has 0 atom stereocenters. The maximum atomic E-state index is 5.72. The summed E-state index contributed by atoms with van der Waals surface area (Å²) in [4.78, 5) is 11.1. The summed E-state index contributed by atoms with van der Waals surface area (Å²) in [6, 6.07) is 14.9. The summed E-state index contributed by atoms with van der Waals surface area (Å²) in [6.07, 6.45) is 1.33. The molecule has 114 valence electrons. The van der Waals surface area contributed by atoms with Crippen molar-refractivity contribution >= 4 is 11.0 Å². The zero-order valence-electron chi connectivity index (χ0n) is 12.2. The highest BCUT2D eigenvalue weighted by molar-refractivity contribution is 5.73. The number of rotatable bonds is 4. The molecule has 0 fully saturated rings. The Morgan fingerprint density at radius 2 is 1.87 bits per heavy atom. The molecule has 0 spiro atoms. The second-order valence-corrected chi connectivity index (χ2v) is 4.76. The molecule has 23 heavy (non-hydrogen) atoms. The molecule has 0 N–H and O–H groups in total. The number of nitrogens with zero attached hydrogens (tertiary/aromatic N) is 4. The molecule has 2 heterocycles. The molecular formula is C16H12N4O3. The van der Waals surface area contributed by atoms with Crippen LogP contribution < -0.4 is 9.57 Å². The molecular weight excluding hydrogens is 296 g/mol. The Kier molecular flexibility index (Phi) is 3.16. The van der Waals surface area contributed by atoms with Crippen LogP contribution in [0.2, 0.25) is 0 Å². The van der Waals surface area contributed by atoms with Crippen LogP contribution in [-0.2, 0) is 0 Å². The lowest BCUT2D eigenvalue weighted by Gasteiger charge is -2.04. The van der Waals surface area contributed by atoms with Gasteiger partial charge < -0.3 is 14.0 Å². The lowest BCUT2D eigenvalue weighted by atomic mass is 10.2. The fourth-order valence-corrected chi connectivity index (χ4v) is 2.23. The van der Waals surface area contributed by atoms with Gasteiger partial charge in [-0.15, -0.1) is 5.10 Å². The smallest absolute Gasteiger partial charge is 0.295 e. The molecule has 2 aromatic heterocycles. The van der Waals surface area contributed by atoms with E-state index in [0.29, 0.717) is 11.6 Å². The van der Waals surface area contributed by atoms with Crippen LogP contribution >= 0.6 is 0 Å². The molecule has 0 radical (unpaired) electrons. The average Bonchev–Trinajstić information content (AvgIpc) is 3.23. The van der Waals surface area contributed by atoms with Gasteiger partial charge in [0.15, 0.2) is 6.39 Å². The third kappa shape index (κ3) is 2.38. The third-order valence-corrected chi connectivity index (χ3v) is 3.38. The van der Waals surface area contributed by atoms with E-state index in [-0.39, 0.29) is 0 Å². The Morgan fingerprint density at radius 3 is 2.70 bits per heavy atom. The van der Waals surface area contributed by atoms with Crippen molar-refractivity contribution < 1.29 is 14.0 Å². The Balaban J connectivity index is 1.69. The van der Waals surface area contributed by atoms with Crippen molar-refractivity contribution in [2.75, 3.05) is 7.11 Å². The van der Waals surface area contributed by atoms with Gasteiger partial charge in [-0.25, -0.2) is 0 Å². The van der Waals surface area contributed by atoms with Crippen molar-refractivity contribution in [3.05, 3.63) is 54.9 Å². The highest BCUT2D eigenvalue weighted by Crippen LogP contribution is 2.30. The molecule has 0 bridgehead atoms. The number of fused-ring (bicyclic) bond motifs is 1. The summed E-state index contributed by atoms with van der Waals surface area (Å²) in [7, 11) is 1.62. The van der Waals surface area contributed by atoms with E-state index < -0.39 is 0 Å². The van der Waals surface area contributed by atoms with Crippen molar-refractivity contribution in [2.24, 2.45) is 0 Å². The summed E-state index contributed by atoms with van der Waals surface area (Å²) in [5.41, 5.74) is 2.31. The zero-order chi connectivity index (χ0) is 15.6. The highest BCUT2D eigenvalue weighted by Gasteiger charge is 2.15. The highest BCUT2D eigenvalue weighted by atomic mass is 16.7. The molecule has 0 aliphatic carbocycles. The van der Waals surface area contributed by atoms with Gasteiger partial charge in [-0.2, -0.15) is 4.98 Å². The van der Waals surface area contributed by atoms with E-state index >= 15 is 0 Å². The van der Waals surface area contributed by atoms with Crippen molar-refractivity contribution in [1.29, 1.82) is 0 Å². The molecule has 4 aromatic rings. The van der Waals surface area contributed by atoms with Crippen LogP contribution in [0.5, 0.6) is 11.6 Å². The summed E-state index contributed by atoms with van der Waals surface area (Å²) in [5.74, 6) is 1.58. The first-order valence-corrected chi connectivity index (χ1v) is 6.92. The van der Waals surface area contributed by atoms with Crippen molar-refractivity contribution in [1.82, 2.24) is 20.1 Å². The van der Waals surface area contributed by atoms with E-state index in [1.807, 2.05) is 48.5 Å². The topological polar surface area (TPSA) is 75.2 Å². The van der Waals surface area contributed by atoms with Gasteiger partial charge in [-0.3, -0.25) is 0 Å². The molecule has 2 aromatic carbocycles. The van der Waals surface area contributed by atoms with Crippen LogP contribution in [0, 0.1) is 0 Å². The summed E-state index contributed by atoms with van der Waals surface area (Å²) in [5, 5.41) is 8.01. The van der Waals surface area contributed by atoms with Gasteiger partial charge >= 0.3 is 0 Å². The zero-order valence-corrected chi connectivity index (χ0v) is 12.2. The van der Waals surface area contributed by atoms with E-state index in [0.717, 1.165) is 22.3 Å². The summed E-state index contributed by atoms with van der Waals surface area (Å²) in [6.45, 7) is 0. The Morgan fingerprint density at radius 1 is 1.04 bits per heavy atom. The van der Waals surface area contributed by atoms with Gasteiger partial charge in [0.25, 0.3) is 5.88 Å². The minimum Gasteiger partial charge on any atom is -0.497 e. The molecule has 0 unspecified atom stereocenters. The van der Waals surface area contributed by atoms with Gasteiger partial charge in [0.1, 0.15) is 16.8 Å². The van der Waals surface area contributed by atoms with Crippen LogP contribution in [0.15, 0.2) is 59.3 Å². The van der Waals surface area contributed by atoms with Crippen molar-refractivity contribution in [3.63, 3.8) is 0 Å². The molecule has 4 rings (SSSR count). The third-order valence-electron chi connectivity index (χ3n) is 3.38. The number of hydrogen-bond acceptors (Lipinski definition) is 6. The summed E-state index contributed by atoms with van der Waals surface area (Å²) < 4.78 is 10.6.